The molecule has 0 aliphatic carbocycles. The van der Waals surface area contributed by atoms with Crippen molar-refractivity contribution in [1.82, 2.24) is 14.9 Å². The van der Waals surface area contributed by atoms with E-state index in [0.29, 0.717) is 42.8 Å². The first-order valence-electron chi connectivity index (χ1n) is 11.2. The molecule has 3 heterocycles. The van der Waals surface area contributed by atoms with Gasteiger partial charge in [-0.1, -0.05) is 0 Å². The molecule has 1 aromatic heterocycles. The molecular weight excluding hydrogens is 442 g/mol. The summed E-state index contributed by atoms with van der Waals surface area (Å²) in [6.07, 6.45) is 2.26. The molecule has 0 saturated carbocycles. The fourth-order valence-electron chi connectivity index (χ4n) is 3.70. The van der Waals surface area contributed by atoms with Crippen LogP contribution in [0.25, 0.3) is 11.4 Å². The standard InChI is InChI=1S/C23H31N5O4S/c1-16-15-32-13-12-28(16)20-14-19(23(2,3)33(4,30)31)25-21(26-20)17-6-8-18(9-7-17)24-22(29)27-10-5-11-27/h6-9,14,16H,5,10-13,15H2,1-4H3,(H,24,29)/t16-/m0/s1. The molecule has 1 atom stereocenters. The average Bonchev–Trinajstić information content (AvgIpc) is 2.72. The Labute approximate surface area is 195 Å². The van der Waals surface area contributed by atoms with Gasteiger partial charge in [0.2, 0.25) is 0 Å². The zero-order valence-corrected chi connectivity index (χ0v) is 20.4. The molecule has 0 unspecified atom stereocenters. The molecule has 0 radical (unpaired) electrons. The normalized spacial score (nSPS) is 19.2. The molecule has 178 valence electrons. The van der Waals surface area contributed by atoms with Gasteiger partial charge in [0, 0.05) is 43.2 Å². The minimum Gasteiger partial charge on any atom is -0.377 e. The molecule has 2 aromatic rings. The lowest BCUT2D eigenvalue weighted by Crippen LogP contribution is -2.44. The summed E-state index contributed by atoms with van der Waals surface area (Å²) in [5.74, 6) is 1.12. The first kappa shape index (κ1) is 23.4. The smallest absolute Gasteiger partial charge is 0.321 e. The summed E-state index contributed by atoms with van der Waals surface area (Å²) >= 11 is 0. The van der Waals surface area contributed by atoms with Crippen LogP contribution < -0.4 is 10.2 Å². The highest BCUT2D eigenvalue weighted by Gasteiger charge is 2.35. The number of hydrogen-bond donors (Lipinski definition) is 1. The van der Waals surface area contributed by atoms with Crippen molar-refractivity contribution in [2.75, 3.05) is 49.3 Å². The van der Waals surface area contributed by atoms with Gasteiger partial charge in [-0.15, -0.1) is 0 Å². The zero-order valence-electron chi connectivity index (χ0n) is 19.5. The van der Waals surface area contributed by atoms with Crippen molar-refractivity contribution in [3.05, 3.63) is 36.0 Å². The quantitative estimate of drug-likeness (QED) is 0.712. The van der Waals surface area contributed by atoms with Gasteiger partial charge in [0.05, 0.1) is 24.9 Å². The molecule has 4 rings (SSSR count). The third-order valence-electron chi connectivity index (χ3n) is 6.46. The Bertz CT molecular complexity index is 1130. The van der Waals surface area contributed by atoms with Crippen LogP contribution in [0.4, 0.5) is 16.3 Å². The molecule has 2 amide bonds. The van der Waals surface area contributed by atoms with Crippen LogP contribution in [0, 0.1) is 0 Å². The summed E-state index contributed by atoms with van der Waals surface area (Å²) in [6.45, 7) is 8.77. The maximum Gasteiger partial charge on any atom is 0.321 e. The molecule has 10 heteroatoms. The van der Waals surface area contributed by atoms with Crippen LogP contribution in [-0.2, 0) is 19.3 Å². The highest BCUT2D eigenvalue weighted by Crippen LogP contribution is 2.32. The Morgan fingerprint density at radius 1 is 1.15 bits per heavy atom. The molecular formula is C23H31N5O4S. The molecule has 2 aliphatic rings. The number of urea groups is 1. The van der Waals surface area contributed by atoms with Crippen LogP contribution in [-0.4, -0.2) is 74.5 Å². The third kappa shape index (κ3) is 4.81. The minimum atomic E-state index is -3.43. The summed E-state index contributed by atoms with van der Waals surface area (Å²) < 4.78 is 29.5. The Morgan fingerprint density at radius 3 is 2.42 bits per heavy atom. The zero-order chi connectivity index (χ0) is 23.8. The van der Waals surface area contributed by atoms with Crippen LogP contribution in [0.3, 0.4) is 0 Å². The second-order valence-corrected chi connectivity index (χ2v) is 11.7. The third-order valence-corrected chi connectivity index (χ3v) is 8.52. The van der Waals surface area contributed by atoms with Crippen molar-refractivity contribution in [3.8, 4) is 11.4 Å². The van der Waals surface area contributed by atoms with Crippen LogP contribution in [0.1, 0.15) is 32.9 Å². The number of hydrogen-bond acceptors (Lipinski definition) is 7. The van der Waals surface area contributed by atoms with Gasteiger partial charge in [-0.25, -0.2) is 23.2 Å². The average molecular weight is 474 g/mol. The van der Waals surface area contributed by atoms with E-state index in [0.717, 1.165) is 25.1 Å². The highest BCUT2D eigenvalue weighted by atomic mass is 32.2. The number of sulfone groups is 1. The Morgan fingerprint density at radius 2 is 1.85 bits per heavy atom. The van der Waals surface area contributed by atoms with E-state index in [9.17, 15) is 13.2 Å². The van der Waals surface area contributed by atoms with Crippen molar-refractivity contribution >= 4 is 27.4 Å². The fraction of sp³-hybridized carbons (Fsp3) is 0.522. The van der Waals surface area contributed by atoms with E-state index < -0.39 is 14.6 Å². The number of amides is 2. The summed E-state index contributed by atoms with van der Waals surface area (Å²) in [5, 5.41) is 2.89. The van der Waals surface area contributed by atoms with Crippen molar-refractivity contribution in [2.45, 2.75) is 38.0 Å². The first-order chi connectivity index (χ1) is 15.6. The van der Waals surface area contributed by atoms with Gasteiger partial charge in [0.25, 0.3) is 0 Å². The van der Waals surface area contributed by atoms with Gasteiger partial charge in [-0.2, -0.15) is 0 Å². The van der Waals surface area contributed by atoms with Crippen molar-refractivity contribution in [1.29, 1.82) is 0 Å². The van der Waals surface area contributed by atoms with Crippen LogP contribution in [0.5, 0.6) is 0 Å². The second kappa shape index (κ2) is 8.90. The van der Waals surface area contributed by atoms with Crippen molar-refractivity contribution in [2.24, 2.45) is 0 Å². The number of anilines is 2. The van der Waals surface area contributed by atoms with Crippen LogP contribution in [0.2, 0.25) is 0 Å². The van der Waals surface area contributed by atoms with Crippen molar-refractivity contribution in [3.63, 3.8) is 0 Å². The molecule has 0 spiro atoms. The maximum atomic E-state index is 12.5. The van der Waals surface area contributed by atoms with E-state index in [4.69, 9.17) is 9.72 Å². The second-order valence-electron chi connectivity index (χ2n) is 9.18. The molecule has 2 aliphatic heterocycles. The predicted octanol–water partition coefficient (Wildman–Crippen LogP) is 2.89. The lowest BCUT2D eigenvalue weighted by molar-refractivity contribution is 0.0985. The van der Waals surface area contributed by atoms with E-state index >= 15 is 0 Å². The van der Waals surface area contributed by atoms with E-state index in [1.54, 1.807) is 24.8 Å². The van der Waals surface area contributed by atoms with Gasteiger partial charge in [0.15, 0.2) is 15.7 Å². The summed E-state index contributed by atoms with van der Waals surface area (Å²) in [7, 11) is -3.43. The van der Waals surface area contributed by atoms with E-state index in [1.807, 2.05) is 24.3 Å². The van der Waals surface area contributed by atoms with Crippen LogP contribution >= 0.6 is 0 Å². The number of rotatable bonds is 5. The number of morpholine rings is 1. The van der Waals surface area contributed by atoms with Gasteiger partial charge < -0.3 is 19.9 Å². The Balaban J connectivity index is 1.70. The number of aromatic nitrogens is 2. The molecule has 2 fully saturated rings. The molecule has 0 bridgehead atoms. The van der Waals surface area contributed by atoms with Crippen LogP contribution in [0.15, 0.2) is 30.3 Å². The van der Waals surface area contributed by atoms with Crippen molar-refractivity contribution < 1.29 is 17.9 Å². The number of nitrogens with one attached hydrogen (secondary N) is 1. The topological polar surface area (TPSA) is 105 Å². The maximum absolute atomic E-state index is 12.5. The van der Waals surface area contributed by atoms with E-state index in [-0.39, 0.29) is 12.1 Å². The Kier molecular flexibility index (Phi) is 6.32. The van der Waals surface area contributed by atoms with E-state index in [2.05, 4.69) is 22.1 Å². The Hall–Kier alpha value is -2.72. The largest absolute Gasteiger partial charge is 0.377 e. The lowest BCUT2D eigenvalue weighted by Gasteiger charge is -2.35. The highest BCUT2D eigenvalue weighted by molar-refractivity contribution is 7.91. The number of carbonyl (C=O) groups excluding carboxylic acids is 1. The number of likely N-dealkylation sites (tertiary alicyclic amines) is 1. The molecule has 1 aromatic carbocycles. The van der Waals surface area contributed by atoms with Gasteiger partial charge in [0.1, 0.15) is 10.6 Å². The minimum absolute atomic E-state index is 0.106. The summed E-state index contributed by atoms with van der Waals surface area (Å²) in [6, 6.07) is 9.06. The fourth-order valence-corrected chi connectivity index (χ4v) is 4.19. The number of carbonyl (C=O) groups is 1. The number of nitrogens with zero attached hydrogens (tertiary/aromatic N) is 4. The molecule has 2 saturated heterocycles. The summed E-state index contributed by atoms with van der Waals surface area (Å²) in [4.78, 5) is 25.5. The lowest BCUT2D eigenvalue weighted by atomic mass is 10.1. The number of ether oxygens (including phenoxy) is 1. The molecule has 9 nitrogen and oxygen atoms in total. The van der Waals surface area contributed by atoms with Gasteiger partial charge in [-0.05, 0) is 51.5 Å². The monoisotopic (exact) mass is 473 g/mol. The molecule has 1 N–H and O–H groups in total. The van der Waals surface area contributed by atoms with E-state index in [1.165, 1.54) is 6.26 Å². The van der Waals surface area contributed by atoms with Gasteiger partial charge >= 0.3 is 6.03 Å². The summed E-state index contributed by atoms with van der Waals surface area (Å²) in [5.41, 5.74) is 1.87. The number of benzene rings is 1. The first-order valence-corrected chi connectivity index (χ1v) is 13.1. The molecule has 33 heavy (non-hydrogen) atoms. The SMILES string of the molecule is C[C@H]1COCCN1c1cc(C(C)(C)S(C)(=O)=O)nc(-c2ccc(NC(=O)N3CCC3)cc2)n1. The predicted molar refractivity (Wildman–Crippen MR) is 128 cm³/mol. The van der Waals surface area contributed by atoms with Gasteiger partial charge in [-0.3, -0.25) is 0 Å².